The van der Waals surface area contributed by atoms with Gasteiger partial charge in [0.2, 0.25) is 0 Å². The highest BCUT2D eigenvalue weighted by atomic mass is 16.1. The predicted octanol–water partition coefficient (Wildman–Crippen LogP) is 1.54. The minimum absolute atomic E-state index is 0.0192. The molecule has 1 aliphatic carbocycles. The number of nitrogen functional groups attached to an aromatic ring is 1. The van der Waals surface area contributed by atoms with E-state index in [0.29, 0.717) is 11.6 Å². The van der Waals surface area contributed by atoms with Crippen molar-refractivity contribution in [2.45, 2.75) is 38.3 Å². The summed E-state index contributed by atoms with van der Waals surface area (Å²) < 4.78 is 0. The summed E-state index contributed by atoms with van der Waals surface area (Å²) in [5.41, 5.74) is 8.17. The molecular formula is C15H21N3O. The molecule has 0 radical (unpaired) electrons. The lowest BCUT2D eigenvalue weighted by Crippen LogP contribution is -2.37. The maximum absolute atomic E-state index is 12.2. The van der Waals surface area contributed by atoms with Crippen LogP contribution in [0.1, 0.15) is 35.2 Å². The van der Waals surface area contributed by atoms with E-state index >= 15 is 0 Å². The fourth-order valence-electron chi connectivity index (χ4n) is 2.76. The van der Waals surface area contributed by atoms with Crippen LogP contribution in [0.15, 0.2) is 18.2 Å². The van der Waals surface area contributed by atoms with Crippen LogP contribution in [-0.2, 0) is 0 Å². The lowest BCUT2D eigenvalue weighted by atomic mass is 10.1. The number of nitrogens with zero attached hydrogens (tertiary/aromatic N) is 1. The van der Waals surface area contributed by atoms with Crippen LogP contribution in [0.3, 0.4) is 0 Å². The van der Waals surface area contributed by atoms with Crippen molar-refractivity contribution in [3.63, 3.8) is 0 Å². The SMILES string of the molecule is Cc1cc(C(=O)NC2CCN(C3CC3)C2)ccc1N. The Balaban J connectivity index is 1.60. The maximum Gasteiger partial charge on any atom is 0.251 e. The summed E-state index contributed by atoms with van der Waals surface area (Å²) in [5.74, 6) is 0.0192. The molecule has 1 amide bonds. The topological polar surface area (TPSA) is 58.4 Å². The molecule has 0 bridgehead atoms. The molecule has 102 valence electrons. The highest BCUT2D eigenvalue weighted by molar-refractivity contribution is 5.95. The number of carbonyl (C=O) groups excluding carboxylic acids is 1. The third-order valence-corrected chi connectivity index (χ3v) is 4.15. The van der Waals surface area contributed by atoms with Gasteiger partial charge in [0.15, 0.2) is 0 Å². The third kappa shape index (κ3) is 2.73. The van der Waals surface area contributed by atoms with Crippen molar-refractivity contribution in [1.29, 1.82) is 0 Å². The molecule has 4 heteroatoms. The molecule has 2 fully saturated rings. The Morgan fingerprint density at radius 3 is 2.84 bits per heavy atom. The van der Waals surface area contributed by atoms with Gasteiger partial charge >= 0.3 is 0 Å². The molecule has 1 aliphatic heterocycles. The first kappa shape index (κ1) is 12.5. The van der Waals surface area contributed by atoms with E-state index in [4.69, 9.17) is 5.73 Å². The van der Waals surface area contributed by atoms with Gasteiger partial charge < -0.3 is 11.1 Å². The van der Waals surface area contributed by atoms with Gasteiger partial charge in [0.1, 0.15) is 0 Å². The zero-order valence-corrected chi connectivity index (χ0v) is 11.4. The number of hydrogen-bond acceptors (Lipinski definition) is 3. The summed E-state index contributed by atoms with van der Waals surface area (Å²) in [6.07, 6.45) is 3.73. The van der Waals surface area contributed by atoms with Gasteiger partial charge in [-0.25, -0.2) is 0 Å². The molecule has 1 atom stereocenters. The monoisotopic (exact) mass is 259 g/mol. The van der Waals surface area contributed by atoms with Gasteiger partial charge in [-0.1, -0.05) is 0 Å². The summed E-state index contributed by atoms with van der Waals surface area (Å²) in [6.45, 7) is 4.05. The molecule has 1 heterocycles. The van der Waals surface area contributed by atoms with Crippen LogP contribution in [-0.4, -0.2) is 36.0 Å². The van der Waals surface area contributed by atoms with Crippen LogP contribution in [0.5, 0.6) is 0 Å². The molecule has 1 unspecified atom stereocenters. The molecule has 0 aromatic heterocycles. The number of benzene rings is 1. The highest BCUT2D eigenvalue weighted by Gasteiger charge is 2.34. The molecule has 0 spiro atoms. The zero-order valence-electron chi connectivity index (χ0n) is 11.4. The van der Waals surface area contributed by atoms with Crippen LogP contribution in [0.25, 0.3) is 0 Å². The molecule has 3 rings (SSSR count). The van der Waals surface area contributed by atoms with Crippen LogP contribution in [0.4, 0.5) is 5.69 Å². The first-order chi connectivity index (χ1) is 9.13. The first-order valence-electron chi connectivity index (χ1n) is 7.04. The van der Waals surface area contributed by atoms with Gasteiger partial charge in [0.05, 0.1) is 0 Å². The Morgan fingerprint density at radius 2 is 2.16 bits per heavy atom. The van der Waals surface area contributed by atoms with Gasteiger partial charge in [-0.3, -0.25) is 9.69 Å². The standard InChI is InChI=1S/C15H21N3O/c1-10-8-11(2-5-14(10)16)15(19)17-12-6-7-18(9-12)13-3-4-13/h2,5,8,12-13H,3-4,6-7,9,16H2,1H3,(H,17,19). The number of anilines is 1. The van der Waals surface area contributed by atoms with Crippen molar-refractivity contribution in [1.82, 2.24) is 10.2 Å². The Kier molecular flexibility index (Phi) is 3.19. The Hall–Kier alpha value is -1.55. The molecule has 1 aromatic rings. The Labute approximate surface area is 114 Å². The summed E-state index contributed by atoms with van der Waals surface area (Å²) >= 11 is 0. The second-order valence-electron chi connectivity index (χ2n) is 5.76. The molecule has 1 saturated carbocycles. The largest absolute Gasteiger partial charge is 0.399 e. The Morgan fingerprint density at radius 1 is 1.37 bits per heavy atom. The van der Waals surface area contributed by atoms with Gasteiger partial charge in [0, 0.05) is 36.4 Å². The number of carbonyl (C=O) groups is 1. The summed E-state index contributed by atoms with van der Waals surface area (Å²) in [6, 6.07) is 6.55. The van der Waals surface area contributed by atoms with E-state index in [0.717, 1.165) is 36.8 Å². The highest BCUT2D eigenvalue weighted by Crippen LogP contribution is 2.29. The van der Waals surface area contributed by atoms with Crippen molar-refractivity contribution in [2.75, 3.05) is 18.8 Å². The normalized spacial score (nSPS) is 23.5. The summed E-state index contributed by atoms with van der Waals surface area (Å²) in [5, 5.41) is 3.13. The maximum atomic E-state index is 12.2. The molecular weight excluding hydrogens is 238 g/mol. The van der Waals surface area contributed by atoms with Crippen LogP contribution in [0.2, 0.25) is 0 Å². The van der Waals surface area contributed by atoms with Crippen molar-refractivity contribution in [3.05, 3.63) is 29.3 Å². The first-order valence-corrected chi connectivity index (χ1v) is 7.04. The molecule has 1 saturated heterocycles. The second kappa shape index (κ2) is 4.85. The van der Waals surface area contributed by atoms with Gasteiger partial charge in [-0.15, -0.1) is 0 Å². The summed E-state index contributed by atoms with van der Waals surface area (Å²) in [7, 11) is 0. The number of nitrogens with two attached hydrogens (primary N) is 1. The van der Waals surface area contributed by atoms with Crippen molar-refractivity contribution in [3.8, 4) is 0 Å². The smallest absolute Gasteiger partial charge is 0.251 e. The van der Waals surface area contributed by atoms with Gasteiger partial charge in [-0.2, -0.15) is 0 Å². The minimum atomic E-state index is 0.0192. The lowest BCUT2D eigenvalue weighted by Gasteiger charge is -2.16. The fourth-order valence-corrected chi connectivity index (χ4v) is 2.76. The third-order valence-electron chi connectivity index (χ3n) is 4.15. The molecule has 1 aromatic carbocycles. The van der Waals surface area contributed by atoms with E-state index in [1.807, 2.05) is 13.0 Å². The number of nitrogens with one attached hydrogen (secondary N) is 1. The summed E-state index contributed by atoms with van der Waals surface area (Å²) in [4.78, 5) is 14.7. The predicted molar refractivity (Wildman–Crippen MR) is 76.1 cm³/mol. The van der Waals surface area contributed by atoms with E-state index < -0.39 is 0 Å². The molecule has 19 heavy (non-hydrogen) atoms. The number of amides is 1. The minimum Gasteiger partial charge on any atom is -0.399 e. The average molecular weight is 259 g/mol. The zero-order chi connectivity index (χ0) is 13.4. The van der Waals surface area contributed by atoms with Crippen LogP contribution in [0, 0.1) is 6.92 Å². The van der Waals surface area contributed by atoms with Crippen molar-refractivity contribution < 1.29 is 4.79 Å². The lowest BCUT2D eigenvalue weighted by molar-refractivity contribution is 0.0937. The van der Waals surface area contributed by atoms with Crippen LogP contribution >= 0.6 is 0 Å². The quantitative estimate of drug-likeness (QED) is 0.810. The van der Waals surface area contributed by atoms with Crippen molar-refractivity contribution >= 4 is 11.6 Å². The second-order valence-corrected chi connectivity index (χ2v) is 5.76. The number of hydrogen-bond donors (Lipinski definition) is 2. The fraction of sp³-hybridized carbons (Fsp3) is 0.533. The van der Waals surface area contributed by atoms with Crippen LogP contribution < -0.4 is 11.1 Å². The van der Waals surface area contributed by atoms with Gasteiger partial charge in [0.25, 0.3) is 5.91 Å². The average Bonchev–Trinajstić information content (AvgIpc) is 3.14. The molecule has 3 N–H and O–H groups in total. The number of rotatable bonds is 3. The molecule has 4 nitrogen and oxygen atoms in total. The molecule has 2 aliphatic rings. The van der Waals surface area contributed by atoms with E-state index in [-0.39, 0.29) is 5.91 Å². The van der Waals surface area contributed by atoms with E-state index in [1.165, 1.54) is 12.8 Å². The van der Waals surface area contributed by atoms with E-state index in [9.17, 15) is 4.79 Å². The Bertz CT molecular complexity index is 496. The number of aryl methyl sites for hydroxylation is 1. The van der Waals surface area contributed by atoms with Crippen molar-refractivity contribution in [2.24, 2.45) is 0 Å². The van der Waals surface area contributed by atoms with E-state index in [1.54, 1.807) is 12.1 Å². The van der Waals surface area contributed by atoms with Gasteiger partial charge in [-0.05, 0) is 49.9 Å². The number of likely N-dealkylation sites (tertiary alicyclic amines) is 1. The van der Waals surface area contributed by atoms with E-state index in [2.05, 4.69) is 10.2 Å².